The molecule has 112 valence electrons. The van der Waals surface area contributed by atoms with Crippen molar-refractivity contribution >= 4 is 44.2 Å². The molecule has 1 saturated heterocycles. The second-order valence-electron chi connectivity index (χ2n) is 6.76. The molecule has 1 fully saturated rings. The van der Waals surface area contributed by atoms with Gasteiger partial charge in [0.1, 0.15) is 0 Å². The van der Waals surface area contributed by atoms with E-state index in [1.165, 1.54) is 10.1 Å². The van der Waals surface area contributed by atoms with E-state index in [9.17, 15) is 0 Å². The summed E-state index contributed by atoms with van der Waals surface area (Å²) in [6.07, 6.45) is 1.85. The van der Waals surface area contributed by atoms with Gasteiger partial charge in [-0.05, 0) is 39.8 Å². The number of benzene rings is 1. The third-order valence-corrected chi connectivity index (χ3v) is 6.01. The first kappa shape index (κ1) is 14.2. The van der Waals surface area contributed by atoms with Gasteiger partial charge < -0.3 is 9.31 Å². The summed E-state index contributed by atoms with van der Waals surface area (Å²) in [5, 5.41) is 1.20. The standard InChI is InChI=1S/C17H18BNO2S/c1-16(2)17(3,4)21-18(20-16)12-9-10-19-14-11-7-5-6-8-13(11)22-15(12)14/h5-10H,1-4H3. The van der Waals surface area contributed by atoms with Crippen LogP contribution in [-0.4, -0.2) is 23.3 Å². The number of aromatic nitrogens is 1. The Labute approximate surface area is 134 Å². The number of pyridine rings is 1. The van der Waals surface area contributed by atoms with Crippen molar-refractivity contribution in [3.05, 3.63) is 36.5 Å². The Morgan fingerprint density at radius 2 is 1.68 bits per heavy atom. The molecule has 22 heavy (non-hydrogen) atoms. The molecule has 5 heteroatoms. The van der Waals surface area contributed by atoms with E-state index in [1.54, 1.807) is 11.3 Å². The number of thiophene rings is 1. The highest BCUT2D eigenvalue weighted by molar-refractivity contribution is 7.27. The van der Waals surface area contributed by atoms with Crippen molar-refractivity contribution in [1.29, 1.82) is 0 Å². The van der Waals surface area contributed by atoms with Gasteiger partial charge in [0.15, 0.2) is 0 Å². The molecule has 0 saturated carbocycles. The first-order valence-corrected chi connectivity index (χ1v) is 8.32. The molecule has 0 unspecified atom stereocenters. The highest BCUT2D eigenvalue weighted by Crippen LogP contribution is 2.38. The largest absolute Gasteiger partial charge is 0.496 e. The molecule has 1 aliphatic heterocycles. The lowest BCUT2D eigenvalue weighted by Gasteiger charge is -2.32. The Kier molecular flexibility index (Phi) is 2.93. The quantitative estimate of drug-likeness (QED) is 0.641. The third kappa shape index (κ3) is 1.93. The topological polar surface area (TPSA) is 31.4 Å². The van der Waals surface area contributed by atoms with E-state index in [0.29, 0.717) is 0 Å². The average molecular weight is 311 g/mol. The van der Waals surface area contributed by atoms with E-state index in [2.05, 4.69) is 56.9 Å². The molecule has 3 aromatic rings. The molecule has 1 aliphatic rings. The molecule has 1 aromatic carbocycles. The first-order valence-electron chi connectivity index (χ1n) is 7.51. The number of hydrogen-bond donors (Lipinski definition) is 0. The van der Waals surface area contributed by atoms with Crippen LogP contribution in [0, 0.1) is 0 Å². The normalized spacial score (nSPS) is 20.1. The molecule has 0 aliphatic carbocycles. The van der Waals surface area contributed by atoms with E-state index in [-0.39, 0.29) is 18.3 Å². The van der Waals surface area contributed by atoms with Crippen LogP contribution in [0.5, 0.6) is 0 Å². The highest BCUT2D eigenvalue weighted by Gasteiger charge is 2.52. The zero-order valence-corrected chi connectivity index (χ0v) is 14.0. The second-order valence-corrected chi connectivity index (χ2v) is 7.82. The van der Waals surface area contributed by atoms with Crippen molar-refractivity contribution in [2.24, 2.45) is 0 Å². The lowest BCUT2D eigenvalue weighted by atomic mass is 9.79. The second kappa shape index (κ2) is 4.54. The van der Waals surface area contributed by atoms with Gasteiger partial charge in [-0.3, -0.25) is 4.98 Å². The van der Waals surface area contributed by atoms with Crippen molar-refractivity contribution in [3.63, 3.8) is 0 Å². The molecule has 0 radical (unpaired) electrons. The molecule has 0 bridgehead atoms. The zero-order chi connectivity index (χ0) is 15.5. The molecule has 3 heterocycles. The average Bonchev–Trinajstić information content (AvgIpc) is 2.93. The SMILES string of the molecule is CC1(C)OB(c2ccnc3c2sc2ccccc23)OC1(C)C. The predicted molar refractivity (Wildman–Crippen MR) is 92.8 cm³/mol. The van der Waals surface area contributed by atoms with Crippen molar-refractivity contribution in [2.75, 3.05) is 0 Å². The minimum atomic E-state index is -0.344. The van der Waals surface area contributed by atoms with Crippen molar-refractivity contribution < 1.29 is 9.31 Å². The summed E-state index contributed by atoms with van der Waals surface area (Å²) in [4.78, 5) is 4.57. The van der Waals surface area contributed by atoms with Crippen LogP contribution in [0.15, 0.2) is 36.5 Å². The fraction of sp³-hybridized carbons (Fsp3) is 0.353. The smallest absolute Gasteiger partial charge is 0.399 e. The van der Waals surface area contributed by atoms with Crippen LogP contribution >= 0.6 is 11.3 Å². The molecule has 0 N–H and O–H groups in total. The molecule has 3 nitrogen and oxygen atoms in total. The maximum absolute atomic E-state index is 6.21. The Bertz CT molecular complexity index is 855. The summed E-state index contributed by atoms with van der Waals surface area (Å²) < 4.78 is 14.8. The van der Waals surface area contributed by atoms with Gasteiger partial charge in [0.25, 0.3) is 0 Å². The number of nitrogens with zero attached hydrogens (tertiary/aromatic N) is 1. The Hall–Kier alpha value is -1.43. The van der Waals surface area contributed by atoms with Crippen LogP contribution in [-0.2, 0) is 9.31 Å². The van der Waals surface area contributed by atoms with Gasteiger partial charge >= 0.3 is 7.12 Å². The molecular formula is C17H18BNO2S. The molecule has 0 spiro atoms. The van der Waals surface area contributed by atoms with Crippen LogP contribution < -0.4 is 5.46 Å². The Morgan fingerprint density at radius 1 is 1.00 bits per heavy atom. The summed E-state index contributed by atoms with van der Waals surface area (Å²) in [5.41, 5.74) is 1.45. The molecule has 0 amide bonds. The summed E-state index contributed by atoms with van der Waals surface area (Å²) >= 11 is 1.75. The molecule has 4 rings (SSSR count). The Balaban J connectivity index is 1.90. The minimum absolute atomic E-state index is 0.329. The first-order chi connectivity index (χ1) is 10.4. The maximum Gasteiger partial charge on any atom is 0.496 e. The van der Waals surface area contributed by atoms with Gasteiger partial charge in [-0.2, -0.15) is 0 Å². The van der Waals surface area contributed by atoms with Crippen molar-refractivity contribution in [3.8, 4) is 0 Å². The van der Waals surface area contributed by atoms with Gasteiger partial charge in [0, 0.05) is 21.7 Å². The fourth-order valence-corrected chi connectivity index (χ4v) is 3.96. The van der Waals surface area contributed by atoms with Gasteiger partial charge in [-0.1, -0.05) is 18.2 Å². The van der Waals surface area contributed by atoms with Crippen molar-refractivity contribution in [2.45, 2.75) is 38.9 Å². The summed E-state index contributed by atoms with van der Waals surface area (Å²) in [7, 11) is -0.344. The monoisotopic (exact) mass is 311 g/mol. The van der Waals surface area contributed by atoms with Gasteiger partial charge in [-0.25, -0.2) is 0 Å². The summed E-state index contributed by atoms with van der Waals surface area (Å²) in [6.45, 7) is 8.32. The maximum atomic E-state index is 6.21. The minimum Gasteiger partial charge on any atom is -0.399 e. The molecular weight excluding hydrogens is 293 g/mol. The number of rotatable bonds is 1. The summed E-state index contributed by atoms with van der Waals surface area (Å²) in [6, 6.07) is 10.4. The zero-order valence-electron chi connectivity index (χ0n) is 13.2. The van der Waals surface area contributed by atoms with E-state index in [0.717, 1.165) is 15.7 Å². The van der Waals surface area contributed by atoms with E-state index in [1.807, 2.05) is 12.3 Å². The van der Waals surface area contributed by atoms with E-state index >= 15 is 0 Å². The van der Waals surface area contributed by atoms with Crippen LogP contribution in [0.3, 0.4) is 0 Å². The van der Waals surface area contributed by atoms with Gasteiger partial charge in [0.2, 0.25) is 0 Å². The lowest BCUT2D eigenvalue weighted by Crippen LogP contribution is -2.41. The van der Waals surface area contributed by atoms with Gasteiger partial charge in [-0.15, -0.1) is 11.3 Å². The van der Waals surface area contributed by atoms with Crippen LogP contribution in [0.25, 0.3) is 20.3 Å². The number of hydrogen-bond acceptors (Lipinski definition) is 4. The Morgan fingerprint density at radius 3 is 2.41 bits per heavy atom. The third-order valence-electron chi connectivity index (χ3n) is 4.80. The van der Waals surface area contributed by atoms with Crippen LogP contribution in [0.4, 0.5) is 0 Å². The summed E-state index contributed by atoms with van der Waals surface area (Å²) in [5.74, 6) is 0. The highest BCUT2D eigenvalue weighted by atomic mass is 32.1. The van der Waals surface area contributed by atoms with E-state index < -0.39 is 0 Å². The van der Waals surface area contributed by atoms with Gasteiger partial charge in [0.05, 0.1) is 21.4 Å². The fourth-order valence-electron chi connectivity index (χ4n) is 2.78. The van der Waals surface area contributed by atoms with Crippen LogP contribution in [0.1, 0.15) is 27.7 Å². The number of fused-ring (bicyclic) bond motifs is 3. The van der Waals surface area contributed by atoms with Crippen molar-refractivity contribution in [1.82, 2.24) is 4.98 Å². The predicted octanol–water partition coefficient (Wildman–Crippen LogP) is 3.75. The lowest BCUT2D eigenvalue weighted by molar-refractivity contribution is 0.00578. The molecule has 2 aromatic heterocycles. The van der Waals surface area contributed by atoms with Crippen LogP contribution in [0.2, 0.25) is 0 Å². The molecule has 0 atom stereocenters. The van der Waals surface area contributed by atoms with E-state index in [4.69, 9.17) is 9.31 Å².